The van der Waals surface area contributed by atoms with E-state index < -0.39 is 10.0 Å². The lowest BCUT2D eigenvalue weighted by molar-refractivity contribution is 0.0941. The van der Waals surface area contributed by atoms with Gasteiger partial charge in [-0.15, -0.1) is 0 Å². The standard InChI is InChI=1S/C17H23N5O3S/c1-2-22-16(7-9-20-22)26(24,25)21-10-4-5-14(13-21)11-19-17(23)15-6-3-8-18-12-15/h3,6-9,12,14H,2,4-5,10-11,13H2,1H3,(H,19,23)/t14-/m1/s1. The summed E-state index contributed by atoms with van der Waals surface area (Å²) in [6, 6.07) is 4.94. The van der Waals surface area contributed by atoms with Crippen LogP contribution in [0.3, 0.4) is 0 Å². The molecule has 0 saturated carbocycles. The van der Waals surface area contributed by atoms with E-state index in [-0.39, 0.29) is 16.9 Å². The van der Waals surface area contributed by atoms with Crippen molar-refractivity contribution in [2.24, 2.45) is 5.92 Å². The number of rotatable bonds is 6. The summed E-state index contributed by atoms with van der Waals surface area (Å²) in [6.45, 7) is 3.68. The highest BCUT2D eigenvalue weighted by atomic mass is 32.2. The van der Waals surface area contributed by atoms with E-state index in [2.05, 4.69) is 15.4 Å². The maximum atomic E-state index is 12.9. The number of piperidine rings is 1. The first-order valence-corrected chi connectivity index (χ1v) is 10.2. The first-order valence-electron chi connectivity index (χ1n) is 8.72. The normalized spacial score (nSPS) is 18.6. The minimum Gasteiger partial charge on any atom is -0.352 e. The van der Waals surface area contributed by atoms with Crippen LogP contribution in [0.25, 0.3) is 0 Å². The zero-order valence-corrected chi connectivity index (χ0v) is 15.5. The second kappa shape index (κ2) is 7.96. The van der Waals surface area contributed by atoms with E-state index in [0.29, 0.717) is 31.7 Å². The van der Waals surface area contributed by atoms with Crippen molar-refractivity contribution in [1.29, 1.82) is 0 Å². The van der Waals surface area contributed by atoms with Crippen molar-refractivity contribution in [3.63, 3.8) is 0 Å². The Labute approximate surface area is 153 Å². The summed E-state index contributed by atoms with van der Waals surface area (Å²) in [5.41, 5.74) is 0.500. The average Bonchev–Trinajstić information content (AvgIpc) is 3.17. The third kappa shape index (κ3) is 3.94. The number of carbonyl (C=O) groups excluding carboxylic acids is 1. The van der Waals surface area contributed by atoms with E-state index in [1.807, 2.05) is 6.92 Å². The van der Waals surface area contributed by atoms with Gasteiger partial charge >= 0.3 is 0 Å². The summed E-state index contributed by atoms with van der Waals surface area (Å²) >= 11 is 0. The second-order valence-electron chi connectivity index (χ2n) is 6.31. The van der Waals surface area contributed by atoms with Crippen LogP contribution in [0.5, 0.6) is 0 Å². The van der Waals surface area contributed by atoms with Gasteiger partial charge in [-0.25, -0.2) is 8.42 Å². The highest BCUT2D eigenvalue weighted by Gasteiger charge is 2.32. The van der Waals surface area contributed by atoms with Crippen LogP contribution in [-0.4, -0.2) is 53.0 Å². The van der Waals surface area contributed by atoms with Crippen molar-refractivity contribution in [1.82, 2.24) is 24.4 Å². The van der Waals surface area contributed by atoms with E-state index in [9.17, 15) is 13.2 Å². The fourth-order valence-corrected chi connectivity index (χ4v) is 4.87. The molecule has 26 heavy (non-hydrogen) atoms. The molecule has 0 bridgehead atoms. The molecule has 0 unspecified atom stereocenters. The van der Waals surface area contributed by atoms with Crippen LogP contribution in [0.15, 0.2) is 41.8 Å². The number of hydrogen-bond donors (Lipinski definition) is 1. The summed E-state index contributed by atoms with van der Waals surface area (Å²) in [4.78, 5) is 16.1. The van der Waals surface area contributed by atoms with Crippen molar-refractivity contribution in [2.45, 2.75) is 31.3 Å². The summed E-state index contributed by atoms with van der Waals surface area (Å²) in [6.07, 6.45) is 6.28. The molecule has 0 spiro atoms. The van der Waals surface area contributed by atoms with Gasteiger partial charge in [0.15, 0.2) is 5.03 Å². The molecule has 0 aliphatic carbocycles. The molecule has 1 aliphatic rings. The fourth-order valence-electron chi connectivity index (χ4n) is 3.16. The number of nitrogens with zero attached hydrogens (tertiary/aromatic N) is 4. The maximum absolute atomic E-state index is 12.9. The van der Waals surface area contributed by atoms with Crippen LogP contribution in [0.4, 0.5) is 0 Å². The quantitative estimate of drug-likeness (QED) is 0.814. The Bertz CT molecular complexity index is 850. The molecule has 1 saturated heterocycles. The Morgan fingerprint density at radius 2 is 2.19 bits per heavy atom. The number of aromatic nitrogens is 3. The lowest BCUT2D eigenvalue weighted by atomic mass is 9.99. The number of amides is 1. The lowest BCUT2D eigenvalue weighted by Gasteiger charge is -2.32. The number of hydrogen-bond acceptors (Lipinski definition) is 5. The summed E-state index contributed by atoms with van der Waals surface area (Å²) < 4.78 is 28.8. The summed E-state index contributed by atoms with van der Waals surface area (Å²) in [5.74, 6) is -0.112. The molecule has 140 valence electrons. The van der Waals surface area contributed by atoms with Gasteiger partial charge in [-0.05, 0) is 43.9 Å². The molecule has 9 heteroatoms. The van der Waals surface area contributed by atoms with E-state index in [1.165, 1.54) is 27.4 Å². The zero-order valence-electron chi connectivity index (χ0n) is 14.7. The third-order valence-corrected chi connectivity index (χ3v) is 6.42. The number of nitrogens with one attached hydrogen (secondary N) is 1. The van der Waals surface area contributed by atoms with Crippen LogP contribution in [0.1, 0.15) is 30.1 Å². The summed E-state index contributed by atoms with van der Waals surface area (Å²) in [5, 5.41) is 7.16. The third-order valence-electron chi connectivity index (χ3n) is 4.54. The van der Waals surface area contributed by atoms with E-state index in [0.717, 1.165) is 12.8 Å². The molecule has 3 rings (SSSR count). The lowest BCUT2D eigenvalue weighted by Crippen LogP contribution is -2.44. The first kappa shape index (κ1) is 18.5. The van der Waals surface area contributed by atoms with E-state index in [1.54, 1.807) is 18.3 Å². The van der Waals surface area contributed by atoms with Crippen molar-refractivity contribution < 1.29 is 13.2 Å². The molecule has 8 nitrogen and oxygen atoms in total. The van der Waals surface area contributed by atoms with Crippen molar-refractivity contribution in [2.75, 3.05) is 19.6 Å². The van der Waals surface area contributed by atoms with Gasteiger partial charge < -0.3 is 5.32 Å². The maximum Gasteiger partial charge on any atom is 0.260 e. The number of sulfonamides is 1. The molecule has 1 atom stereocenters. The summed E-state index contributed by atoms with van der Waals surface area (Å²) in [7, 11) is -3.57. The number of pyridine rings is 1. The van der Waals surface area contributed by atoms with E-state index in [4.69, 9.17) is 0 Å². The van der Waals surface area contributed by atoms with Crippen LogP contribution in [0, 0.1) is 5.92 Å². The van der Waals surface area contributed by atoms with Gasteiger partial charge in [0.25, 0.3) is 15.9 Å². The predicted molar refractivity (Wildman–Crippen MR) is 96.0 cm³/mol. The van der Waals surface area contributed by atoms with Gasteiger partial charge in [0.1, 0.15) is 0 Å². The Morgan fingerprint density at radius 1 is 1.35 bits per heavy atom. The van der Waals surface area contributed by atoms with Gasteiger partial charge in [-0.3, -0.25) is 14.5 Å². The molecular formula is C17H23N5O3S. The smallest absolute Gasteiger partial charge is 0.260 e. The first-order chi connectivity index (χ1) is 12.5. The molecule has 1 aliphatic heterocycles. The highest BCUT2D eigenvalue weighted by molar-refractivity contribution is 7.89. The molecule has 1 amide bonds. The second-order valence-corrected chi connectivity index (χ2v) is 8.19. The monoisotopic (exact) mass is 377 g/mol. The average molecular weight is 377 g/mol. The van der Waals surface area contributed by atoms with Crippen LogP contribution >= 0.6 is 0 Å². The largest absolute Gasteiger partial charge is 0.352 e. The van der Waals surface area contributed by atoms with Gasteiger partial charge in [0.2, 0.25) is 0 Å². The fraction of sp³-hybridized carbons (Fsp3) is 0.471. The van der Waals surface area contributed by atoms with Gasteiger partial charge in [0, 0.05) is 38.6 Å². The Kier molecular flexibility index (Phi) is 5.67. The van der Waals surface area contributed by atoms with E-state index >= 15 is 0 Å². The minimum absolute atomic E-state index is 0.0807. The molecule has 1 N–H and O–H groups in total. The van der Waals surface area contributed by atoms with Crippen molar-refractivity contribution in [3.05, 3.63) is 42.4 Å². The molecule has 2 aromatic rings. The van der Waals surface area contributed by atoms with Crippen molar-refractivity contribution >= 4 is 15.9 Å². The molecular weight excluding hydrogens is 354 g/mol. The molecule has 0 radical (unpaired) electrons. The minimum atomic E-state index is -3.57. The number of aryl methyl sites for hydroxylation is 1. The van der Waals surface area contributed by atoms with Crippen LogP contribution < -0.4 is 5.32 Å². The topological polar surface area (TPSA) is 97.2 Å². The molecule has 0 aromatic carbocycles. The number of carbonyl (C=O) groups is 1. The molecule has 3 heterocycles. The predicted octanol–water partition coefficient (Wildman–Crippen LogP) is 1.13. The SMILES string of the molecule is CCn1nccc1S(=O)(=O)N1CCC[C@H](CNC(=O)c2cccnc2)C1. The Hall–Kier alpha value is -2.26. The highest BCUT2D eigenvalue weighted by Crippen LogP contribution is 2.23. The zero-order chi connectivity index (χ0) is 18.6. The Morgan fingerprint density at radius 3 is 2.92 bits per heavy atom. The van der Waals surface area contributed by atoms with Crippen LogP contribution in [0.2, 0.25) is 0 Å². The molecule has 2 aromatic heterocycles. The Balaban J connectivity index is 1.63. The van der Waals surface area contributed by atoms with Gasteiger partial charge in [-0.1, -0.05) is 0 Å². The molecule has 1 fully saturated rings. The van der Waals surface area contributed by atoms with Crippen molar-refractivity contribution in [3.8, 4) is 0 Å². The van der Waals surface area contributed by atoms with Crippen LogP contribution in [-0.2, 0) is 16.6 Å². The van der Waals surface area contributed by atoms with Gasteiger partial charge in [0.05, 0.1) is 11.8 Å². The van der Waals surface area contributed by atoms with Gasteiger partial charge in [-0.2, -0.15) is 9.40 Å².